The van der Waals surface area contributed by atoms with Crippen LogP contribution in [-0.2, 0) is 20.0 Å². The smallest absolute Gasteiger partial charge is 0.337 e. The second-order valence-corrected chi connectivity index (χ2v) is 8.72. The molecule has 1 aliphatic heterocycles. The summed E-state index contributed by atoms with van der Waals surface area (Å²) < 4.78 is 60.8. The molecule has 0 radical (unpaired) electrons. The first-order valence-corrected chi connectivity index (χ1v) is 10.4. The Morgan fingerprint density at radius 3 is 2.19 bits per heavy atom. The Morgan fingerprint density at radius 2 is 1.59 bits per heavy atom. The van der Waals surface area contributed by atoms with Crippen LogP contribution in [0.2, 0.25) is 0 Å². The van der Waals surface area contributed by atoms with E-state index in [1.54, 1.807) is 0 Å². The van der Waals surface area contributed by atoms with Crippen LogP contribution in [0, 0.1) is 0 Å². The number of rotatable bonds is 5. The van der Waals surface area contributed by atoms with E-state index in [4.69, 9.17) is 14.6 Å². The number of aromatic carboxylic acids is 1. The number of anilines is 1. The maximum absolute atomic E-state index is 12.6. The van der Waals surface area contributed by atoms with Crippen molar-refractivity contribution in [3.8, 4) is 11.5 Å². The third-order valence-corrected chi connectivity index (χ3v) is 5.88. The van der Waals surface area contributed by atoms with E-state index < -0.39 is 35.8 Å². The number of nitrogens with one attached hydrogen (secondary N) is 1. The fraction of sp³-hybridized carbons (Fsp3) is 0.133. The highest BCUT2D eigenvalue weighted by atomic mass is 32.2. The van der Waals surface area contributed by atoms with Crippen molar-refractivity contribution in [2.75, 3.05) is 17.9 Å². The largest absolute Gasteiger partial charge is 0.486 e. The summed E-state index contributed by atoms with van der Waals surface area (Å²) in [7, 11) is -8.42. The maximum atomic E-state index is 12.6. The fourth-order valence-corrected chi connectivity index (χ4v) is 4.12. The number of sulfonamides is 2. The molecule has 144 valence electrons. The Labute approximate surface area is 154 Å². The summed E-state index contributed by atoms with van der Waals surface area (Å²) in [5.74, 6) is -1.02. The Morgan fingerprint density at radius 1 is 1.00 bits per heavy atom. The predicted molar refractivity (Wildman–Crippen MR) is 93.0 cm³/mol. The second-order valence-electron chi connectivity index (χ2n) is 5.47. The Bertz CT molecular complexity index is 1130. The van der Waals surface area contributed by atoms with Crippen LogP contribution in [0.25, 0.3) is 0 Å². The van der Waals surface area contributed by atoms with Crippen molar-refractivity contribution in [1.82, 2.24) is 0 Å². The first-order chi connectivity index (χ1) is 12.6. The van der Waals surface area contributed by atoms with Gasteiger partial charge in [-0.2, -0.15) is 0 Å². The molecule has 1 aliphatic rings. The quantitative estimate of drug-likeness (QED) is 0.641. The van der Waals surface area contributed by atoms with Crippen molar-refractivity contribution in [2.45, 2.75) is 9.79 Å². The minimum absolute atomic E-state index is 0.179. The number of primary sulfonamides is 1. The number of hydrogen-bond acceptors (Lipinski definition) is 7. The van der Waals surface area contributed by atoms with E-state index in [9.17, 15) is 26.7 Å². The standard InChI is InChI=1S/C15H14N2O8S2/c16-26(20,21)9-2-1-3-10(6-9)27(22,23)17-12-8-14-13(24-4-5-25-14)7-11(12)15(18)19/h1-3,6-8,17H,4-5H2,(H,18,19)(H2,16,20,21). The predicted octanol–water partition coefficient (Wildman–Crippen LogP) is 0.604. The van der Waals surface area contributed by atoms with Gasteiger partial charge in [-0.1, -0.05) is 6.07 Å². The van der Waals surface area contributed by atoms with Gasteiger partial charge in [0, 0.05) is 12.1 Å². The SMILES string of the molecule is NS(=O)(=O)c1cccc(S(=O)(=O)Nc2cc3c(cc2C(=O)O)OCCO3)c1. The highest BCUT2D eigenvalue weighted by Gasteiger charge is 2.24. The Hall–Kier alpha value is -2.83. The van der Waals surface area contributed by atoms with Gasteiger partial charge in [0.1, 0.15) is 13.2 Å². The highest BCUT2D eigenvalue weighted by Crippen LogP contribution is 2.36. The molecule has 0 saturated heterocycles. The van der Waals surface area contributed by atoms with Crippen LogP contribution in [0.5, 0.6) is 11.5 Å². The van der Waals surface area contributed by atoms with Gasteiger partial charge >= 0.3 is 5.97 Å². The molecule has 0 saturated carbocycles. The molecule has 2 aromatic carbocycles. The van der Waals surface area contributed by atoms with Gasteiger partial charge in [-0.3, -0.25) is 4.72 Å². The van der Waals surface area contributed by atoms with Gasteiger partial charge in [0.05, 0.1) is 21.0 Å². The first-order valence-electron chi connectivity index (χ1n) is 7.40. The summed E-state index contributed by atoms with van der Waals surface area (Å²) in [5, 5.41) is 14.4. The average Bonchev–Trinajstić information content (AvgIpc) is 2.60. The number of benzene rings is 2. The van der Waals surface area contributed by atoms with E-state index in [1.165, 1.54) is 12.1 Å². The zero-order valence-corrected chi connectivity index (χ0v) is 15.2. The van der Waals surface area contributed by atoms with Gasteiger partial charge in [0.25, 0.3) is 10.0 Å². The zero-order valence-electron chi connectivity index (χ0n) is 13.6. The van der Waals surface area contributed by atoms with Gasteiger partial charge in [-0.05, 0) is 18.2 Å². The molecule has 0 unspecified atom stereocenters. The minimum atomic E-state index is -4.31. The molecule has 12 heteroatoms. The molecule has 4 N–H and O–H groups in total. The van der Waals surface area contributed by atoms with Gasteiger partial charge < -0.3 is 14.6 Å². The molecule has 0 amide bonds. The third kappa shape index (κ3) is 3.97. The van der Waals surface area contributed by atoms with Crippen LogP contribution in [-0.4, -0.2) is 41.1 Å². The first kappa shape index (κ1) is 18.9. The summed E-state index contributed by atoms with van der Waals surface area (Å²) in [6, 6.07) is 6.71. The summed E-state index contributed by atoms with van der Waals surface area (Å²) in [5.41, 5.74) is -0.613. The molecule has 0 spiro atoms. The van der Waals surface area contributed by atoms with Crippen LogP contribution >= 0.6 is 0 Å². The lowest BCUT2D eigenvalue weighted by Gasteiger charge is -2.20. The van der Waals surface area contributed by atoms with E-state index in [0.717, 1.165) is 24.3 Å². The molecule has 1 heterocycles. The van der Waals surface area contributed by atoms with Crippen LogP contribution in [0.1, 0.15) is 10.4 Å². The van der Waals surface area contributed by atoms with Crippen LogP contribution in [0.3, 0.4) is 0 Å². The van der Waals surface area contributed by atoms with Crippen LogP contribution in [0.15, 0.2) is 46.2 Å². The molecule has 0 bridgehead atoms. The number of carbonyl (C=O) groups is 1. The van der Waals surface area contributed by atoms with Gasteiger partial charge in [-0.15, -0.1) is 0 Å². The second kappa shape index (κ2) is 6.72. The molecule has 10 nitrogen and oxygen atoms in total. The topological polar surface area (TPSA) is 162 Å². The summed E-state index contributed by atoms with van der Waals surface area (Å²) >= 11 is 0. The number of carboxylic acid groups (broad SMARTS) is 1. The molecular formula is C15H14N2O8S2. The number of ether oxygens (including phenoxy) is 2. The number of hydrogen-bond donors (Lipinski definition) is 3. The highest BCUT2D eigenvalue weighted by molar-refractivity contribution is 7.93. The van der Waals surface area contributed by atoms with E-state index in [1.807, 2.05) is 0 Å². The maximum Gasteiger partial charge on any atom is 0.337 e. The van der Waals surface area contributed by atoms with Crippen LogP contribution in [0.4, 0.5) is 5.69 Å². The molecule has 2 aromatic rings. The summed E-state index contributed by atoms with van der Waals surface area (Å²) in [6.45, 7) is 0.458. The van der Waals surface area contributed by atoms with Gasteiger partial charge in [0.2, 0.25) is 10.0 Å². The Balaban J connectivity index is 2.05. The van der Waals surface area contributed by atoms with Crippen molar-refractivity contribution in [3.05, 3.63) is 42.0 Å². The molecule has 27 heavy (non-hydrogen) atoms. The van der Waals surface area contributed by atoms with Crippen molar-refractivity contribution >= 4 is 31.7 Å². The monoisotopic (exact) mass is 414 g/mol. The molecular weight excluding hydrogens is 400 g/mol. The van der Waals surface area contributed by atoms with Gasteiger partial charge in [-0.25, -0.2) is 26.8 Å². The summed E-state index contributed by atoms with van der Waals surface area (Å²) in [6.07, 6.45) is 0. The van der Waals surface area contributed by atoms with Crippen molar-refractivity contribution in [2.24, 2.45) is 5.14 Å². The molecule has 0 atom stereocenters. The number of nitrogens with two attached hydrogens (primary N) is 1. The van der Waals surface area contributed by atoms with Crippen LogP contribution < -0.4 is 19.3 Å². The molecule has 0 fully saturated rings. The van der Waals surface area contributed by atoms with E-state index in [-0.39, 0.29) is 36.0 Å². The van der Waals surface area contributed by atoms with E-state index in [2.05, 4.69) is 4.72 Å². The molecule has 0 aromatic heterocycles. The lowest BCUT2D eigenvalue weighted by molar-refractivity contribution is 0.0697. The normalized spacial score (nSPS) is 13.8. The lowest BCUT2D eigenvalue weighted by atomic mass is 10.1. The fourth-order valence-electron chi connectivity index (χ4n) is 2.37. The van der Waals surface area contributed by atoms with Crippen molar-refractivity contribution < 1.29 is 36.2 Å². The minimum Gasteiger partial charge on any atom is -0.486 e. The zero-order chi connectivity index (χ0) is 19.8. The average molecular weight is 414 g/mol. The molecule has 0 aliphatic carbocycles. The van der Waals surface area contributed by atoms with E-state index >= 15 is 0 Å². The Kier molecular flexibility index (Phi) is 4.71. The van der Waals surface area contributed by atoms with Crippen molar-refractivity contribution in [3.63, 3.8) is 0 Å². The summed E-state index contributed by atoms with van der Waals surface area (Å²) in [4.78, 5) is 10.7. The van der Waals surface area contributed by atoms with E-state index in [0.29, 0.717) is 0 Å². The third-order valence-electron chi connectivity index (χ3n) is 3.60. The van der Waals surface area contributed by atoms with Crippen molar-refractivity contribution in [1.29, 1.82) is 0 Å². The van der Waals surface area contributed by atoms with Gasteiger partial charge in [0.15, 0.2) is 11.5 Å². The number of carboxylic acids is 1. The lowest BCUT2D eigenvalue weighted by Crippen LogP contribution is -2.19. The molecule has 3 rings (SSSR count). The number of fused-ring (bicyclic) bond motifs is 1.